The third-order valence-corrected chi connectivity index (χ3v) is 3.62. The van der Waals surface area contributed by atoms with E-state index >= 15 is 0 Å². The van der Waals surface area contributed by atoms with Crippen LogP contribution in [0.15, 0.2) is 39.9 Å². The largest absolute Gasteiger partial charge is 0.466 e. The zero-order valence-corrected chi connectivity index (χ0v) is 14.2. The van der Waals surface area contributed by atoms with Crippen molar-refractivity contribution in [2.75, 3.05) is 11.9 Å². The van der Waals surface area contributed by atoms with Gasteiger partial charge in [-0.15, -0.1) is 0 Å². The number of esters is 1. The summed E-state index contributed by atoms with van der Waals surface area (Å²) in [5, 5.41) is 2.62. The molecule has 1 aromatic heterocycles. The Morgan fingerprint density at radius 2 is 1.72 bits per heavy atom. The van der Waals surface area contributed by atoms with Crippen LogP contribution >= 0.6 is 0 Å². The van der Waals surface area contributed by atoms with Gasteiger partial charge in [0, 0.05) is 25.8 Å². The summed E-state index contributed by atoms with van der Waals surface area (Å²) in [5.41, 5.74) is 0.0485. The van der Waals surface area contributed by atoms with Gasteiger partial charge < -0.3 is 10.1 Å². The number of amides is 1. The first kappa shape index (κ1) is 18.2. The van der Waals surface area contributed by atoms with Crippen LogP contribution in [0.4, 0.5) is 5.69 Å². The van der Waals surface area contributed by atoms with Crippen LogP contribution in [0, 0.1) is 0 Å². The third-order valence-electron chi connectivity index (χ3n) is 3.62. The van der Waals surface area contributed by atoms with E-state index in [0.29, 0.717) is 12.3 Å². The molecule has 0 aliphatic carbocycles. The first-order valence-corrected chi connectivity index (χ1v) is 7.66. The second-order valence-electron chi connectivity index (χ2n) is 5.40. The van der Waals surface area contributed by atoms with Gasteiger partial charge in [0.05, 0.1) is 13.0 Å². The van der Waals surface area contributed by atoms with E-state index in [4.69, 9.17) is 4.74 Å². The minimum atomic E-state index is -0.581. The fraction of sp³-hybridized carbons (Fsp3) is 0.294. The van der Waals surface area contributed by atoms with Gasteiger partial charge in [0.2, 0.25) is 0 Å². The average Bonchev–Trinajstić information content (AvgIpc) is 2.58. The van der Waals surface area contributed by atoms with E-state index in [-0.39, 0.29) is 18.1 Å². The van der Waals surface area contributed by atoms with Crippen LogP contribution in [0.25, 0.3) is 0 Å². The summed E-state index contributed by atoms with van der Waals surface area (Å²) in [6.45, 7) is 2.06. The summed E-state index contributed by atoms with van der Waals surface area (Å²) in [6.07, 6.45) is 0.144. The van der Waals surface area contributed by atoms with Gasteiger partial charge in [0.25, 0.3) is 11.5 Å². The fourth-order valence-corrected chi connectivity index (χ4v) is 2.23. The second-order valence-corrected chi connectivity index (χ2v) is 5.40. The van der Waals surface area contributed by atoms with Crippen LogP contribution in [0.3, 0.4) is 0 Å². The Labute approximate surface area is 143 Å². The van der Waals surface area contributed by atoms with Crippen LogP contribution < -0.4 is 16.6 Å². The van der Waals surface area contributed by atoms with Gasteiger partial charge in [-0.3, -0.25) is 23.5 Å². The Bertz CT molecular complexity index is 909. The van der Waals surface area contributed by atoms with Crippen molar-refractivity contribution >= 4 is 17.6 Å². The summed E-state index contributed by atoms with van der Waals surface area (Å²) in [7, 11) is 2.76. The molecule has 2 aromatic rings. The lowest BCUT2D eigenvalue weighted by atomic mass is 10.1. The highest BCUT2D eigenvalue weighted by Crippen LogP contribution is 2.11. The highest BCUT2D eigenvalue weighted by Gasteiger charge is 2.14. The van der Waals surface area contributed by atoms with E-state index < -0.39 is 17.2 Å². The summed E-state index contributed by atoms with van der Waals surface area (Å²) in [5.74, 6) is -0.898. The molecule has 1 amide bonds. The zero-order valence-electron chi connectivity index (χ0n) is 14.2. The lowest BCUT2D eigenvalue weighted by Gasteiger charge is -2.10. The monoisotopic (exact) mass is 345 g/mol. The number of rotatable bonds is 5. The van der Waals surface area contributed by atoms with Gasteiger partial charge in [0.15, 0.2) is 0 Å². The van der Waals surface area contributed by atoms with Crippen molar-refractivity contribution in [2.24, 2.45) is 14.1 Å². The van der Waals surface area contributed by atoms with Crippen molar-refractivity contribution in [2.45, 2.75) is 13.3 Å². The van der Waals surface area contributed by atoms with Gasteiger partial charge in [0.1, 0.15) is 5.69 Å². The quantitative estimate of drug-likeness (QED) is 0.793. The Balaban J connectivity index is 2.15. The maximum Gasteiger partial charge on any atom is 0.331 e. The number of nitrogens with one attached hydrogen (secondary N) is 1. The summed E-state index contributed by atoms with van der Waals surface area (Å²) in [6, 6.07) is 7.74. The molecule has 0 bridgehead atoms. The number of aromatic nitrogens is 2. The molecule has 1 heterocycles. The van der Waals surface area contributed by atoms with Crippen molar-refractivity contribution < 1.29 is 14.3 Å². The van der Waals surface area contributed by atoms with Crippen molar-refractivity contribution in [3.05, 3.63) is 62.4 Å². The smallest absolute Gasteiger partial charge is 0.331 e. The average molecular weight is 345 g/mol. The van der Waals surface area contributed by atoms with Gasteiger partial charge in [-0.1, -0.05) is 12.1 Å². The Morgan fingerprint density at radius 1 is 1.08 bits per heavy atom. The predicted molar refractivity (Wildman–Crippen MR) is 91.7 cm³/mol. The summed E-state index contributed by atoms with van der Waals surface area (Å²) < 4.78 is 6.89. The Morgan fingerprint density at radius 3 is 2.32 bits per heavy atom. The number of ether oxygens (including phenoxy) is 1. The highest BCUT2D eigenvalue weighted by atomic mass is 16.5. The topological polar surface area (TPSA) is 99.4 Å². The van der Waals surface area contributed by atoms with Crippen molar-refractivity contribution in [1.82, 2.24) is 9.13 Å². The summed E-state index contributed by atoms with van der Waals surface area (Å²) in [4.78, 5) is 47.3. The number of carbonyl (C=O) groups excluding carboxylic acids is 2. The number of anilines is 1. The first-order chi connectivity index (χ1) is 11.8. The Kier molecular flexibility index (Phi) is 5.53. The molecule has 1 N–H and O–H groups in total. The normalized spacial score (nSPS) is 10.4. The van der Waals surface area contributed by atoms with E-state index in [1.165, 1.54) is 14.1 Å². The van der Waals surface area contributed by atoms with E-state index in [1.807, 2.05) is 0 Å². The van der Waals surface area contributed by atoms with E-state index in [0.717, 1.165) is 20.8 Å². The maximum atomic E-state index is 12.3. The SMILES string of the molecule is CCOC(=O)Cc1ccc(NC(=O)c2cc(=O)n(C)c(=O)n2C)cc1. The van der Waals surface area contributed by atoms with Gasteiger partial charge in [-0.25, -0.2) is 4.79 Å². The molecule has 0 saturated heterocycles. The predicted octanol–water partition coefficient (Wildman–Crippen LogP) is 0.442. The van der Waals surface area contributed by atoms with Crippen molar-refractivity contribution in [3.8, 4) is 0 Å². The van der Waals surface area contributed by atoms with Crippen LogP contribution in [-0.2, 0) is 30.0 Å². The van der Waals surface area contributed by atoms with Gasteiger partial charge >= 0.3 is 11.7 Å². The third kappa shape index (κ3) is 4.23. The van der Waals surface area contributed by atoms with Crippen LogP contribution in [0.5, 0.6) is 0 Å². The fourth-order valence-electron chi connectivity index (χ4n) is 2.23. The Hall–Kier alpha value is -3.16. The zero-order chi connectivity index (χ0) is 18.6. The molecule has 8 heteroatoms. The first-order valence-electron chi connectivity index (χ1n) is 7.66. The van der Waals surface area contributed by atoms with E-state index in [2.05, 4.69) is 5.32 Å². The van der Waals surface area contributed by atoms with E-state index in [9.17, 15) is 19.2 Å². The molecule has 0 saturated carbocycles. The molecule has 0 atom stereocenters. The number of nitrogens with zero attached hydrogens (tertiary/aromatic N) is 2. The minimum absolute atomic E-state index is 0.0382. The molecule has 25 heavy (non-hydrogen) atoms. The van der Waals surface area contributed by atoms with Crippen LogP contribution in [-0.4, -0.2) is 27.6 Å². The number of hydrogen-bond donors (Lipinski definition) is 1. The van der Waals surface area contributed by atoms with Crippen LogP contribution in [0.1, 0.15) is 23.0 Å². The van der Waals surface area contributed by atoms with Gasteiger partial charge in [-0.05, 0) is 24.6 Å². The molecule has 0 unspecified atom stereocenters. The molecule has 1 aromatic carbocycles. The minimum Gasteiger partial charge on any atom is -0.466 e. The molecule has 132 valence electrons. The molecule has 0 aliphatic heterocycles. The lowest BCUT2D eigenvalue weighted by molar-refractivity contribution is -0.142. The summed E-state index contributed by atoms with van der Waals surface area (Å²) >= 11 is 0. The molecule has 0 fully saturated rings. The lowest BCUT2D eigenvalue weighted by Crippen LogP contribution is -2.40. The molecule has 0 spiro atoms. The van der Waals surface area contributed by atoms with Crippen molar-refractivity contribution in [1.29, 1.82) is 0 Å². The maximum absolute atomic E-state index is 12.3. The van der Waals surface area contributed by atoms with Gasteiger partial charge in [-0.2, -0.15) is 0 Å². The molecular weight excluding hydrogens is 326 g/mol. The highest BCUT2D eigenvalue weighted by molar-refractivity contribution is 6.03. The molecule has 2 rings (SSSR count). The molecule has 8 nitrogen and oxygen atoms in total. The number of hydrogen-bond acceptors (Lipinski definition) is 5. The van der Waals surface area contributed by atoms with E-state index in [1.54, 1.807) is 31.2 Å². The number of benzene rings is 1. The second kappa shape index (κ2) is 7.61. The molecule has 0 aliphatic rings. The standard InChI is InChI=1S/C17H19N3O5/c1-4-25-15(22)9-11-5-7-12(8-6-11)18-16(23)13-10-14(21)20(3)17(24)19(13)2/h5-8,10H,4,9H2,1-3H3,(H,18,23). The van der Waals surface area contributed by atoms with Crippen LogP contribution in [0.2, 0.25) is 0 Å². The molecular formula is C17H19N3O5. The number of carbonyl (C=O) groups is 2. The molecule has 0 radical (unpaired) electrons. The van der Waals surface area contributed by atoms with Crippen molar-refractivity contribution in [3.63, 3.8) is 0 Å².